The van der Waals surface area contributed by atoms with E-state index in [2.05, 4.69) is 32.0 Å². The molecule has 0 saturated carbocycles. The predicted octanol–water partition coefficient (Wildman–Crippen LogP) is 3.29. The molecule has 0 fully saturated rings. The average Bonchev–Trinajstić information content (AvgIpc) is 2.88. The maximum absolute atomic E-state index is 13.1. The second kappa shape index (κ2) is 9.33. The SMILES string of the molecule is COC(=O)C1=C(C(=O)OC)N(c2ccc3nccnc3c2Br)C(N)=C(C#N)C1c1ccccc1. The largest absolute Gasteiger partial charge is 0.466 e. The van der Waals surface area contributed by atoms with Crippen molar-refractivity contribution < 1.29 is 19.1 Å². The number of aromatic nitrogens is 2. The summed E-state index contributed by atoms with van der Waals surface area (Å²) in [7, 11) is 2.40. The molecule has 0 saturated heterocycles. The zero-order valence-electron chi connectivity index (χ0n) is 18.2. The van der Waals surface area contributed by atoms with E-state index < -0.39 is 17.9 Å². The van der Waals surface area contributed by atoms with Gasteiger partial charge >= 0.3 is 11.9 Å². The molecule has 0 spiro atoms. The average molecular weight is 520 g/mol. The highest BCUT2D eigenvalue weighted by Gasteiger charge is 2.43. The number of hydrogen-bond donors (Lipinski definition) is 1. The monoisotopic (exact) mass is 519 g/mol. The number of benzene rings is 2. The van der Waals surface area contributed by atoms with Crippen molar-refractivity contribution in [2.24, 2.45) is 5.73 Å². The van der Waals surface area contributed by atoms with Crippen molar-refractivity contribution in [1.29, 1.82) is 5.26 Å². The first-order valence-electron chi connectivity index (χ1n) is 9.99. The Kier molecular flexibility index (Phi) is 6.30. The first kappa shape index (κ1) is 22.9. The van der Waals surface area contributed by atoms with Crippen LogP contribution in [-0.2, 0) is 19.1 Å². The Labute approximate surface area is 203 Å². The van der Waals surface area contributed by atoms with Gasteiger partial charge in [-0.25, -0.2) is 9.59 Å². The number of allylic oxidation sites excluding steroid dienone is 1. The van der Waals surface area contributed by atoms with Gasteiger partial charge in [-0.1, -0.05) is 30.3 Å². The van der Waals surface area contributed by atoms with Gasteiger partial charge in [0.1, 0.15) is 17.0 Å². The van der Waals surface area contributed by atoms with Crippen LogP contribution in [-0.4, -0.2) is 36.1 Å². The molecule has 1 unspecified atom stereocenters. The maximum Gasteiger partial charge on any atom is 0.355 e. The lowest BCUT2D eigenvalue weighted by atomic mass is 9.81. The number of rotatable bonds is 4. The fourth-order valence-electron chi connectivity index (χ4n) is 3.93. The van der Waals surface area contributed by atoms with Gasteiger partial charge in [0.25, 0.3) is 0 Å². The summed E-state index contributed by atoms with van der Waals surface area (Å²) in [5.41, 5.74) is 8.42. The minimum Gasteiger partial charge on any atom is -0.466 e. The molecule has 1 atom stereocenters. The number of nitrogens with zero attached hydrogens (tertiary/aromatic N) is 4. The Morgan fingerprint density at radius 1 is 1.06 bits per heavy atom. The predicted molar refractivity (Wildman–Crippen MR) is 127 cm³/mol. The van der Waals surface area contributed by atoms with Gasteiger partial charge in [0.05, 0.1) is 53.0 Å². The van der Waals surface area contributed by atoms with Crippen LogP contribution in [0.25, 0.3) is 11.0 Å². The summed E-state index contributed by atoms with van der Waals surface area (Å²) in [5, 5.41) is 10.1. The molecule has 3 aromatic rings. The van der Waals surface area contributed by atoms with Crippen molar-refractivity contribution in [3.63, 3.8) is 0 Å². The zero-order valence-corrected chi connectivity index (χ0v) is 19.7. The lowest BCUT2D eigenvalue weighted by Gasteiger charge is -2.36. The van der Waals surface area contributed by atoms with E-state index in [0.717, 1.165) is 0 Å². The second-order valence-corrected chi connectivity index (χ2v) is 7.95. The third-order valence-electron chi connectivity index (χ3n) is 5.41. The third-order valence-corrected chi connectivity index (χ3v) is 6.19. The molecule has 9 nitrogen and oxygen atoms in total. The van der Waals surface area contributed by atoms with Crippen LogP contribution >= 0.6 is 15.9 Å². The molecular weight excluding hydrogens is 502 g/mol. The number of esters is 2. The molecule has 1 aromatic heterocycles. The van der Waals surface area contributed by atoms with Crippen molar-refractivity contribution >= 4 is 44.6 Å². The number of anilines is 1. The molecule has 4 rings (SSSR count). The molecule has 2 heterocycles. The van der Waals surface area contributed by atoms with E-state index in [4.69, 9.17) is 15.2 Å². The Balaban J connectivity index is 2.10. The minimum absolute atomic E-state index is 0.0339. The molecule has 0 bridgehead atoms. The van der Waals surface area contributed by atoms with Crippen LogP contribution in [0, 0.1) is 11.3 Å². The molecule has 2 aromatic carbocycles. The van der Waals surface area contributed by atoms with Crippen LogP contribution in [0.3, 0.4) is 0 Å². The molecule has 34 heavy (non-hydrogen) atoms. The molecule has 2 N–H and O–H groups in total. The van der Waals surface area contributed by atoms with Crippen molar-refractivity contribution in [2.75, 3.05) is 19.1 Å². The summed E-state index contributed by atoms with van der Waals surface area (Å²) < 4.78 is 10.5. The number of carbonyl (C=O) groups is 2. The molecule has 10 heteroatoms. The Morgan fingerprint density at radius 3 is 2.38 bits per heavy atom. The molecule has 0 radical (unpaired) electrons. The van der Waals surface area contributed by atoms with Gasteiger partial charge in [0, 0.05) is 12.4 Å². The number of ether oxygens (including phenoxy) is 2. The number of hydrogen-bond acceptors (Lipinski definition) is 9. The lowest BCUT2D eigenvalue weighted by Crippen LogP contribution is -2.41. The van der Waals surface area contributed by atoms with Crippen LogP contribution in [0.2, 0.25) is 0 Å². The van der Waals surface area contributed by atoms with E-state index in [9.17, 15) is 14.9 Å². The van der Waals surface area contributed by atoms with Crippen LogP contribution in [0.15, 0.2) is 82.0 Å². The normalized spacial score (nSPS) is 15.8. The van der Waals surface area contributed by atoms with E-state index in [1.54, 1.807) is 48.7 Å². The summed E-state index contributed by atoms with van der Waals surface area (Å²) in [4.78, 5) is 36.2. The maximum atomic E-state index is 13.1. The summed E-state index contributed by atoms with van der Waals surface area (Å²) in [6.45, 7) is 0. The number of methoxy groups -OCH3 is 2. The first-order valence-corrected chi connectivity index (χ1v) is 10.8. The quantitative estimate of drug-likeness (QED) is 0.515. The molecule has 0 aliphatic carbocycles. The van der Waals surface area contributed by atoms with Crippen molar-refractivity contribution in [2.45, 2.75) is 5.92 Å². The van der Waals surface area contributed by atoms with Gasteiger partial charge in [-0.15, -0.1) is 0 Å². The molecule has 0 amide bonds. The van der Waals surface area contributed by atoms with Gasteiger partial charge in [-0.2, -0.15) is 5.26 Å². The Hall–Kier alpha value is -4.23. The lowest BCUT2D eigenvalue weighted by molar-refractivity contribution is -0.139. The summed E-state index contributed by atoms with van der Waals surface area (Å²) in [5.74, 6) is -2.60. The topological polar surface area (TPSA) is 131 Å². The van der Waals surface area contributed by atoms with Crippen LogP contribution in [0.5, 0.6) is 0 Å². The number of carbonyl (C=O) groups excluding carboxylic acids is 2. The number of halogens is 1. The van der Waals surface area contributed by atoms with Crippen molar-refractivity contribution in [3.8, 4) is 6.07 Å². The Bertz CT molecular complexity index is 1410. The summed E-state index contributed by atoms with van der Waals surface area (Å²) in [6, 6.07) is 14.3. The molecule has 1 aliphatic rings. The number of nitrogens with two attached hydrogens (primary N) is 1. The van der Waals surface area contributed by atoms with E-state index in [0.29, 0.717) is 26.8 Å². The van der Waals surface area contributed by atoms with Gasteiger partial charge in [0.2, 0.25) is 0 Å². The van der Waals surface area contributed by atoms with Crippen LogP contribution in [0.4, 0.5) is 5.69 Å². The van der Waals surface area contributed by atoms with E-state index in [-0.39, 0.29) is 22.7 Å². The Morgan fingerprint density at radius 2 is 1.74 bits per heavy atom. The van der Waals surface area contributed by atoms with Crippen LogP contribution in [0.1, 0.15) is 11.5 Å². The summed E-state index contributed by atoms with van der Waals surface area (Å²) >= 11 is 3.52. The first-order chi connectivity index (χ1) is 16.4. The second-order valence-electron chi connectivity index (χ2n) is 7.16. The van der Waals surface area contributed by atoms with E-state index in [1.165, 1.54) is 25.3 Å². The third kappa shape index (κ3) is 3.66. The highest BCUT2D eigenvalue weighted by molar-refractivity contribution is 9.10. The molecule has 1 aliphatic heterocycles. The highest BCUT2D eigenvalue weighted by atomic mass is 79.9. The zero-order chi connectivity index (χ0) is 24.4. The molecule has 170 valence electrons. The van der Waals surface area contributed by atoms with Crippen molar-refractivity contribution in [3.05, 3.63) is 87.6 Å². The summed E-state index contributed by atoms with van der Waals surface area (Å²) in [6.07, 6.45) is 3.08. The number of fused-ring (bicyclic) bond motifs is 1. The van der Waals surface area contributed by atoms with Gasteiger partial charge in [0.15, 0.2) is 0 Å². The van der Waals surface area contributed by atoms with E-state index in [1.807, 2.05) is 0 Å². The van der Waals surface area contributed by atoms with E-state index >= 15 is 0 Å². The van der Waals surface area contributed by atoms with Gasteiger partial charge in [-0.05, 0) is 33.6 Å². The fourth-order valence-corrected chi connectivity index (χ4v) is 4.54. The molecular formula is C24H18BrN5O4. The van der Waals surface area contributed by atoms with Gasteiger partial charge < -0.3 is 15.2 Å². The van der Waals surface area contributed by atoms with Gasteiger partial charge in [-0.3, -0.25) is 14.9 Å². The smallest absolute Gasteiger partial charge is 0.355 e. The fraction of sp³-hybridized carbons (Fsp3) is 0.125. The van der Waals surface area contributed by atoms with Crippen LogP contribution < -0.4 is 10.6 Å². The minimum atomic E-state index is -0.942. The standard InChI is InChI=1S/C24H18BrN5O4/c1-33-23(31)18-17(13-6-4-3-5-7-13)14(12-26)22(27)30(21(18)24(32)34-2)16-9-8-15-20(19(16)25)29-11-10-28-15/h3-11,17H,27H2,1-2H3. The van der Waals surface area contributed by atoms with Crippen molar-refractivity contribution in [1.82, 2.24) is 9.97 Å². The number of nitriles is 1. The highest BCUT2D eigenvalue weighted by Crippen LogP contribution is 2.45.